The van der Waals surface area contributed by atoms with Crippen molar-refractivity contribution in [3.8, 4) is 5.75 Å². The molecule has 2 amide bonds. The number of aliphatic hydroxyl groups is 3. The maximum absolute atomic E-state index is 12.5. The number of benzene rings is 2. The first-order chi connectivity index (χ1) is 14.8. The standard InChI is InChI=1S/C21H21N3O7.ClH/c22-6-13-18(27)19(28)17(26)12(31-13)4-7-3-10-15(21(30)24-20(10)29)14-9-5-8(25)1-2-11(9)23-16(7)14;/h1-3,5,12-13,17-19,23,25-28H,4,6,22H2,(H,24,29,30);1H/t12-,13+,17-,18+,19+;/m0./s1. The summed E-state index contributed by atoms with van der Waals surface area (Å²) < 4.78 is 5.74. The Morgan fingerprint density at radius 3 is 2.44 bits per heavy atom. The number of fused-ring (bicyclic) bond motifs is 5. The Labute approximate surface area is 187 Å². The lowest BCUT2D eigenvalue weighted by atomic mass is 9.89. The monoisotopic (exact) mass is 463 g/mol. The summed E-state index contributed by atoms with van der Waals surface area (Å²) in [4.78, 5) is 28.1. The minimum absolute atomic E-state index is 0. The van der Waals surface area contributed by atoms with Gasteiger partial charge in [-0.2, -0.15) is 0 Å². The lowest BCUT2D eigenvalue weighted by molar-refractivity contribution is -0.218. The van der Waals surface area contributed by atoms with Gasteiger partial charge in [0.2, 0.25) is 0 Å². The number of carbonyl (C=O) groups excluding carboxylic acids is 2. The van der Waals surface area contributed by atoms with Crippen LogP contribution in [0.1, 0.15) is 26.3 Å². The molecule has 0 unspecified atom stereocenters. The number of carbonyl (C=O) groups is 2. The van der Waals surface area contributed by atoms with E-state index in [0.29, 0.717) is 27.4 Å². The molecule has 2 aromatic carbocycles. The van der Waals surface area contributed by atoms with E-state index in [1.807, 2.05) is 0 Å². The highest BCUT2D eigenvalue weighted by atomic mass is 35.5. The van der Waals surface area contributed by atoms with Gasteiger partial charge in [-0.1, -0.05) is 0 Å². The second-order valence-electron chi connectivity index (χ2n) is 7.97. The van der Waals surface area contributed by atoms with Gasteiger partial charge in [-0.05, 0) is 29.8 Å². The summed E-state index contributed by atoms with van der Waals surface area (Å²) in [6, 6.07) is 6.22. The van der Waals surface area contributed by atoms with Crippen molar-refractivity contribution in [2.24, 2.45) is 5.73 Å². The third-order valence-corrected chi connectivity index (χ3v) is 6.10. The number of phenols is 1. The number of imide groups is 1. The third-order valence-electron chi connectivity index (χ3n) is 6.10. The SMILES string of the molecule is Cl.NC[C@H]1O[C@@H](Cc2cc3c(c4c2[nH]c2ccc(O)cc24)C(=O)NC3=O)[C@H](O)[C@@H](O)[C@@H]1O. The number of ether oxygens (including phenoxy) is 1. The van der Waals surface area contributed by atoms with Crippen molar-refractivity contribution in [1.29, 1.82) is 0 Å². The summed E-state index contributed by atoms with van der Waals surface area (Å²) in [5.74, 6) is -1.07. The van der Waals surface area contributed by atoms with Crippen molar-refractivity contribution in [1.82, 2.24) is 10.3 Å². The molecule has 170 valence electrons. The molecule has 0 aliphatic carbocycles. The van der Waals surface area contributed by atoms with E-state index in [0.717, 1.165) is 0 Å². The quantitative estimate of drug-likeness (QED) is 0.258. The van der Waals surface area contributed by atoms with Crippen molar-refractivity contribution in [2.45, 2.75) is 36.9 Å². The molecule has 1 aromatic heterocycles. The van der Waals surface area contributed by atoms with Gasteiger partial charge < -0.3 is 35.9 Å². The van der Waals surface area contributed by atoms with Crippen molar-refractivity contribution < 1.29 is 34.8 Å². The number of aliphatic hydroxyl groups excluding tert-OH is 3. The van der Waals surface area contributed by atoms with E-state index in [4.69, 9.17) is 10.5 Å². The highest BCUT2D eigenvalue weighted by molar-refractivity contribution is 6.30. The van der Waals surface area contributed by atoms with Crippen LogP contribution < -0.4 is 11.1 Å². The zero-order chi connectivity index (χ0) is 22.0. The van der Waals surface area contributed by atoms with E-state index in [2.05, 4.69) is 10.3 Å². The molecule has 1 fully saturated rings. The largest absolute Gasteiger partial charge is 0.508 e. The normalized spacial score (nSPS) is 27.4. The van der Waals surface area contributed by atoms with E-state index in [9.17, 15) is 30.0 Å². The molecular weight excluding hydrogens is 442 g/mol. The molecule has 32 heavy (non-hydrogen) atoms. The second kappa shape index (κ2) is 8.00. The Kier molecular flexibility index (Phi) is 5.61. The highest BCUT2D eigenvalue weighted by Crippen LogP contribution is 2.37. The molecule has 5 atom stereocenters. The van der Waals surface area contributed by atoms with Crippen molar-refractivity contribution >= 4 is 46.0 Å². The topological polar surface area (TPSA) is 178 Å². The van der Waals surface area contributed by atoms with Gasteiger partial charge >= 0.3 is 0 Å². The number of rotatable bonds is 3. The lowest BCUT2D eigenvalue weighted by Crippen LogP contribution is -2.59. The van der Waals surface area contributed by atoms with Crippen LogP contribution in [-0.2, 0) is 11.2 Å². The molecular formula is C21H22ClN3O7. The van der Waals surface area contributed by atoms with Gasteiger partial charge in [0.25, 0.3) is 11.8 Å². The number of aromatic hydroxyl groups is 1. The average molecular weight is 464 g/mol. The van der Waals surface area contributed by atoms with E-state index in [-0.39, 0.29) is 42.2 Å². The number of nitrogens with one attached hydrogen (secondary N) is 2. The molecule has 2 aliphatic rings. The number of aromatic amines is 1. The minimum atomic E-state index is -1.44. The van der Waals surface area contributed by atoms with Gasteiger partial charge in [-0.25, -0.2) is 0 Å². The van der Waals surface area contributed by atoms with Gasteiger partial charge in [0.1, 0.15) is 24.1 Å². The van der Waals surface area contributed by atoms with E-state index < -0.39 is 42.3 Å². The zero-order valence-electron chi connectivity index (χ0n) is 16.6. The van der Waals surface area contributed by atoms with Crippen LogP contribution in [0.15, 0.2) is 24.3 Å². The highest BCUT2D eigenvalue weighted by Gasteiger charge is 2.43. The number of nitrogens with two attached hydrogens (primary N) is 1. The Morgan fingerprint density at radius 2 is 1.72 bits per heavy atom. The van der Waals surface area contributed by atoms with Crippen LogP contribution in [0.3, 0.4) is 0 Å². The molecule has 2 aliphatic heterocycles. The molecule has 0 bridgehead atoms. The van der Waals surface area contributed by atoms with Crippen molar-refractivity contribution in [3.63, 3.8) is 0 Å². The van der Waals surface area contributed by atoms with Crippen molar-refractivity contribution in [2.75, 3.05) is 6.54 Å². The van der Waals surface area contributed by atoms with E-state index in [1.165, 1.54) is 12.1 Å². The predicted octanol–water partition coefficient (Wildman–Crippen LogP) is -0.317. The van der Waals surface area contributed by atoms with Crippen LogP contribution in [0.4, 0.5) is 0 Å². The van der Waals surface area contributed by atoms with Crippen LogP contribution >= 0.6 is 12.4 Å². The smallest absolute Gasteiger partial charge is 0.259 e. The first kappa shape index (κ1) is 22.5. The predicted molar refractivity (Wildman–Crippen MR) is 116 cm³/mol. The molecule has 11 heteroatoms. The molecule has 0 radical (unpaired) electrons. The summed E-state index contributed by atoms with van der Waals surface area (Å²) in [5, 5.41) is 44.0. The fourth-order valence-electron chi connectivity index (χ4n) is 4.55. The Bertz CT molecular complexity index is 1240. The summed E-state index contributed by atoms with van der Waals surface area (Å²) in [6.45, 7) is -0.0520. The van der Waals surface area contributed by atoms with Gasteiger partial charge in [0, 0.05) is 29.3 Å². The molecule has 10 nitrogen and oxygen atoms in total. The summed E-state index contributed by atoms with van der Waals surface area (Å²) >= 11 is 0. The lowest BCUT2D eigenvalue weighted by Gasteiger charge is -2.40. The number of hydrogen-bond acceptors (Lipinski definition) is 8. The molecule has 1 saturated heterocycles. The van der Waals surface area contributed by atoms with Crippen LogP contribution in [0, 0.1) is 0 Å². The zero-order valence-corrected chi connectivity index (χ0v) is 17.4. The minimum Gasteiger partial charge on any atom is -0.508 e. The van der Waals surface area contributed by atoms with Gasteiger partial charge in [0.05, 0.1) is 28.9 Å². The average Bonchev–Trinajstić information content (AvgIpc) is 3.25. The first-order valence-corrected chi connectivity index (χ1v) is 9.85. The number of H-pyrrole nitrogens is 1. The molecule has 8 N–H and O–H groups in total. The fraction of sp³-hybridized carbons (Fsp3) is 0.333. The van der Waals surface area contributed by atoms with Crippen molar-refractivity contribution in [3.05, 3.63) is 41.0 Å². The van der Waals surface area contributed by atoms with E-state index >= 15 is 0 Å². The molecule has 0 saturated carbocycles. The molecule has 3 heterocycles. The Morgan fingerprint density at radius 1 is 1.00 bits per heavy atom. The summed E-state index contributed by atoms with van der Waals surface area (Å²) in [7, 11) is 0. The van der Waals surface area contributed by atoms with Crippen LogP contribution in [0.25, 0.3) is 21.8 Å². The molecule has 0 spiro atoms. The van der Waals surface area contributed by atoms with Crippen LogP contribution in [0.5, 0.6) is 5.75 Å². The fourth-order valence-corrected chi connectivity index (χ4v) is 4.55. The number of phenolic OH excluding ortho intramolecular Hbond substituents is 1. The number of halogens is 1. The third kappa shape index (κ3) is 3.24. The first-order valence-electron chi connectivity index (χ1n) is 9.85. The van der Waals surface area contributed by atoms with Crippen LogP contribution in [-0.4, -0.2) is 74.3 Å². The number of aromatic nitrogens is 1. The number of amides is 2. The molecule has 5 rings (SSSR count). The summed E-state index contributed by atoms with van der Waals surface area (Å²) in [6.07, 6.45) is -5.85. The Balaban J connectivity index is 0.00000245. The maximum atomic E-state index is 12.5. The van der Waals surface area contributed by atoms with Gasteiger partial charge in [-0.15, -0.1) is 12.4 Å². The molecule has 3 aromatic rings. The Hall–Kier alpha value is -2.73. The van der Waals surface area contributed by atoms with E-state index in [1.54, 1.807) is 12.1 Å². The second-order valence-corrected chi connectivity index (χ2v) is 7.97. The van der Waals surface area contributed by atoms with Gasteiger partial charge in [0.15, 0.2) is 0 Å². The van der Waals surface area contributed by atoms with Crippen LogP contribution in [0.2, 0.25) is 0 Å². The maximum Gasteiger partial charge on any atom is 0.259 e. The van der Waals surface area contributed by atoms with Gasteiger partial charge in [-0.3, -0.25) is 14.9 Å². The summed E-state index contributed by atoms with van der Waals surface area (Å²) in [5.41, 5.74) is 7.77. The number of hydrogen-bond donors (Lipinski definition) is 7.